The Hall–Kier alpha value is -1.52. The van der Waals surface area contributed by atoms with E-state index < -0.39 is 12.1 Å². The first-order chi connectivity index (χ1) is 10.5. The van der Waals surface area contributed by atoms with E-state index in [2.05, 4.69) is 29.1 Å². The summed E-state index contributed by atoms with van der Waals surface area (Å²) in [5.41, 5.74) is 0. The van der Waals surface area contributed by atoms with Crippen LogP contribution in [0.4, 0.5) is 4.79 Å². The number of nitrogens with one attached hydrogen (secondary N) is 1. The minimum atomic E-state index is -0.551. The van der Waals surface area contributed by atoms with Gasteiger partial charge in [0.05, 0.1) is 13.2 Å². The quantitative estimate of drug-likeness (QED) is 0.812. The predicted molar refractivity (Wildman–Crippen MR) is 87.5 cm³/mol. The van der Waals surface area contributed by atoms with Crippen LogP contribution in [0, 0.1) is 11.8 Å². The third kappa shape index (κ3) is 3.62. The summed E-state index contributed by atoms with van der Waals surface area (Å²) in [5, 5.41) is 2.67. The average molecular weight is 310 g/mol. The number of nitrogens with zero attached hydrogens (tertiary/aromatic N) is 1. The second kappa shape index (κ2) is 8.20. The summed E-state index contributed by atoms with van der Waals surface area (Å²) in [5.74, 6) is 0.510. The molecule has 5 nitrogen and oxygen atoms in total. The molecular formula is C17H30N2O3. The molecule has 5 heteroatoms. The summed E-state index contributed by atoms with van der Waals surface area (Å²) < 4.78 is 4.62. The van der Waals surface area contributed by atoms with Gasteiger partial charge in [-0.05, 0) is 24.7 Å². The molecule has 4 atom stereocenters. The van der Waals surface area contributed by atoms with Crippen LogP contribution < -0.4 is 5.32 Å². The summed E-state index contributed by atoms with van der Waals surface area (Å²) in [7, 11) is 1.31. The number of alkyl carbamates (subject to hydrolysis) is 1. The van der Waals surface area contributed by atoms with Gasteiger partial charge in [-0.2, -0.15) is 0 Å². The van der Waals surface area contributed by atoms with Crippen molar-refractivity contribution in [3.63, 3.8) is 0 Å². The number of amides is 2. The monoisotopic (exact) mass is 310 g/mol. The zero-order valence-corrected chi connectivity index (χ0v) is 14.6. The number of carbonyl (C=O) groups excluding carboxylic acids is 2. The fourth-order valence-electron chi connectivity index (χ4n) is 3.34. The Morgan fingerprint density at radius 2 is 1.95 bits per heavy atom. The summed E-state index contributed by atoms with van der Waals surface area (Å²) >= 11 is 0. The molecular weight excluding hydrogens is 280 g/mol. The molecule has 2 amide bonds. The Bertz CT molecular complexity index is 420. The van der Waals surface area contributed by atoms with E-state index >= 15 is 0 Å². The van der Waals surface area contributed by atoms with Crippen molar-refractivity contribution in [3.05, 3.63) is 12.2 Å². The predicted octanol–water partition coefficient (Wildman–Crippen LogP) is 2.96. The number of carbonyl (C=O) groups is 2. The standard InChI is InChI=1S/C15H24N2O3.C2H6/c1-5-12-10-6-7-11(8-10)17(12)14(18)13(9(2)3)16-15(19)20-4;1-2/h6-7,9-13H,5,8H2,1-4H3,(H,16,19);1-2H3/t10-,11+,12+,13+;/m1./s1. The molecule has 126 valence electrons. The highest BCUT2D eigenvalue weighted by Gasteiger charge is 2.46. The largest absolute Gasteiger partial charge is 0.453 e. The van der Waals surface area contributed by atoms with Gasteiger partial charge < -0.3 is 15.0 Å². The topological polar surface area (TPSA) is 58.6 Å². The van der Waals surface area contributed by atoms with E-state index in [1.165, 1.54) is 7.11 Å². The fourth-order valence-corrected chi connectivity index (χ4v) is 3.34. The Balaban J connectivity index is 0.00000116. The molecule has 1 fully saturated rings. The molecule has 1 heterocycles. The maximum Gasteiger partial charge on any atom is 0.407 e. The SMILES string of the molecule is CC.CC[C@H]1[C@@H]2C=C[C@@H](C2)N1C(=O)[C@@H](NC(=O)OC)C(C)C. The summed E-state index contributed by atoms with van der Waals surface area (Å²) in [6.45, 7) is 9.98. The third-order valence-electron chi connectivity index (χ3n) is 4.37. The van der Waals surface area contributed by atoms with Crippen molar-refractivity contribution < 1.29 is 14.3 Å². The van der Waals surface area contributed by atoms with E-state index in [0.717, 1.165) is 12.8 Å². The van der Waals surface area contributed by atoms with E-state index in [-0.39, 0.29) is 23.9 Å². The van der Waals surface area contributed by atoms with Crippen LogP contribution in [0.3, 0.4) is 0 Å². The molecule has 1 saturated heterocycles. The highest BCUT2D eigenvalue weighted by molar-refractivity contribution is 5.87. The van der Waals surface area contributed by atoms with Gasteiger partial charge in [0.15, 0.2) is 0 Å². The number of hydrogen-bond donors (Lipinski definition) is 1. The van der Waals surface area contributed by atoms with Crippen LogP contribution >= 0.6 is 0 Å². The molecule has 0 radical (unpaired) electrons. The Morgan fingerprint density at radius 3 is 2.45 bits per heavy atom. The minimum absolute atomic E-state index is 0.00843. The molecule has 0 aromatic heterocycles. The maximum absolute atomic E-state index is 12.8. The summed E-state index contributed by atoms with van der Waals surface area (Å²) in [4.78, 5) is 26.2. The smallest absolute Gasteiger partial charge is 0.407 e. The zero-order valence-electron chi connectivity index (χ0n) is 14.6. The highest BCUT2D eigenvalue weighted by atomic mass is 16.5. The first kappa shape index (κ1) is 18.5. The van der Waals surface area contributed by atoms with Crippen molar-refractivity contribution >= 4 is 12.0 Å². The van der Waals surface area contributed by atoms with Crippen LogP contribution in [-0.2, 0) is 9.53 Å². The van der Waals surface area contributed by atoms with Crippen LogP contribution in [-0.4, -0.2) is 42.1 Å². The van der Waals surface area contributed by atoms with Gasteiger partial charge in [-0.25, -0.2) is 4.79 Å². The van der Waals surface area contributed by atoms with E-state index in [9.17, 15) is 9.59 Å². The molecule has 2 aliphatic rings. The summed E-state index contributed by atoms with van der Waals surface area (Å²) in [6.07, 6.45) is 5.75. The molecule has 0 aromatic rings. The van der Waals surface area contributed by atoms with E-state index in [1.54, 1.807) is 0 Å². The zero-order chi connectivity index (χ0) is 16.9. The number of fused-ring (bicyclic) bond motifs is 2. The van der Waals surface area contributed by atoms with Gasteiger partial charge in [-0.1, -0.05) is 46.8 Å². The van der Waals surface area contributed by atoms with E-state index in [1.807, 2.05) is 32.6 Å². The molecule has 1 aliphatic heterocycles. The van der Waals surface area contributed by atoms with Crippen molar-refractivity contribution in [2.24, 2.45) is 11.8 Å². The number of ether oxygens (including phenoxy) is 1. The van der Waals surface area contributed by atoms with Crippen molar-refractivity contribution in [1.29, 1.82) is 0 Å². The molecule has 22 heavy (non-hydrogen) atoms. The third-order valence-corrected chi connectivity index (χ3v) is 4.37. The van der Waals surface area contributed by atoms with E-state index in [0.29, 0.717) is 5.92 Å². The Kier molecular flexibility index (Phi) is 6.91. The lowest BCUT2D eigenvalue weighted by Crippen LogP contribution is -2.55. The van der Waals surface area contributed by atoms with Gasteiger partial charge in [0.25, 0.3) is 0 Å². The maximum atomic E-state index is 12.8. The normalized spacial score (nSPS) is 26.5. The fraction of sp³-hybridized carbons (Fsp3) is 0.765. The average Bonchev–Trinajstić information content (AvgIpc) is 3.13. The van der Waals surface area contributed by atoms with Crippen molar-refractivity contribution in [1.82, 2.24) is 10.2 Å². The van der Waals surface area contributed by atoms with Crippen molar-refractivity contribution in [2.45, 2.75) is 65.6 Å². The van der Waals surface area contributed by atoms with Crippen LogP contribution in [0.25, 0.3) is 0 Å². The summed E-state index contributed by atoms with van der Waals surface area (Å²) in [6, 6.07) is -0.0689. The lowest BCUT2D eigenvalue weighted by Gasteiger charge is -2.36. The minimum Gasteiger partial charge on any atom is -0.453 e. The van der Waals surface area contributed by atoms with Gasteiger partial charge in [-0.15, -0.1) is 0 Å². The molecule has 2 rings (SSSR count). The van der Waals surface area contributed by atoms with Gasteiger partial charge >= 0.3 is 6.09 Å². The van der Waals surface area contributed by atoms with Gasteiger partial charge in [0, 0.05) is 6.04 Å². The number of methoxy groups -OCH3 is 1. The van der Waals surface area contributed by atoms with Crippen LogP contribution in [0.5, 0.6) is 0 Å². The Morgan fingerprint density at radius 1 is 1.32 bits per heavy atom. The van der Waals surface area contributed by atoms with Crippen LogP contribution in [0.1, 0.15) is 47.5 Å². The van der Waals surface area contributed by atoms with Crippen LogP contribution in [0.2, 0.25) is 0 Å². The van der Waals surface area contributed by atoms with Crippen molar-refractivity contribution in [2.75, 3.05) is 7.11 Å². The first-order valence-corrected chi connectivity index (χ1v) is 8.34. The molecule has 0 spiro atoms. The lowest BCUT2D eigenvalue weighted by atomic mass is 9.97. The highest BCUT2D eigenvalue weighted by Crippen LogP contribution is 2.39. The van der Waals surface area contributed by atoms with Crippen LogP contribution in [0.15, 0.2) is 12.2 Å². The first-order valence-electron chi connectivity index (χ1n) is 8.34. The second-order valence-electron chi connectivity index (χ2n) is 5.93. The van der Waals surface area contributed by atoms with Gasteiger partial charge in [0.1, 0.15) is 6.04 Å². The number of likely N-dealkylation sites (tertiary alicyclic amines) is 1. The Labute approximate surface area is 134 Å². The van der Waals surface area contributed by atoms with Crippen molar-refractivity contribution in [3.8, 4) is 0 Å². The molecule has 0 aromatic carbocycles. The molecule has 0 unspecified atom stereocenters. The number of hydrogen-bond acceptors (Lipinski definition) is 3. The number of rotatable bonds is 4. The molecule has 1 aliphatic carbocycles. The van der Waals surface area contributed by atoms with Gasteiger partial charge in [-0.3, -0.25) is 4.79 Å². The molecule has 1 N–H and O–H groups in total. The van der Waals surface area contributed by atoms with Gasteiger partial charge in [0.2, 0.25) is 5.91 Å². The molecule has 0 saturated carbocycles. The lowest BCUT2D eigenvalue weighted by molar-refractivity contribution is -0.137. The second-order valence-corrected chi connectivity index (χ2v) is 5.93. The molecule has 2 bridgehead atoms. The van der Waals surface area contributed by atoms with E-state index in [4.69, 9.17) is 0 Å².